The predicted octanol–water partition coefficient (Wildman–Crippen LogP) is -0.912. The van der Waals surface area contributed by atoms with E-state index in [9.17, 15) is 14.4 Å². The molecule has 94 valence electrons. The number of amides is 4. The Morgan fingerprint density at radius 3 is 2.06 bits per heavy atom. The van der Waals surface area contributed by atoms with Gasteiger partial charge < -0.3 is 19.8 Å². The monoisotopic (exact) mass is 242 g/mol. The summed E-state index contributed by atoms with van der Waals surface area (Å²) in [6.07, 6.45) is -0.972. The summed E-state index contributed by atoms with van der Waals surface area (Å²) in [6.45, 7) is -0.407. The first-order valence-electron chi connectivity index (χ1n) is 5.11. The van der Waals surface area contributed by atoms with Crippen molar-refractivity contribution in [1.82, 2.24) is 19.6 Å². The van der Waals surface area contributed by atoms with Gasteiger partial charge in [-0.3, -0.25) is 9.69 Å². The first-order valence-corrected chi connectivity index (χ1v) is 5.11. The first kappa shape index (κ1) is 11.5. The molecular weight excluding hydrogens is 228 g/mol. The molecule has 2 rings (SSSR count). The molecule has 0 bridgehead atoms. The molecule has 0 aliphatic carbocycles. The van der Waals surface area contributed by atoms with Crippen LogP contribution in [-0.2, 0) is 4.79 Å². The minimum atomic E-state index is -1.09. The standard InChI is InChI=1S/C9H14N4O4/c1-10-6-7(12(3)8(10)16)13(4-5(14)15)9(17)11(6)2/h6-7H,4H2,1-3H3,(H,14,15). The molecule has 8 heteroatoms. The summed E-state index contributed by atoms with van der Waals surface area (Å²) in [5.41, 5.74) is 0. The van der Waals surface area contributed by atoms with Crippen molar-refractivity contribution >= 4 is 18.0 Å². The SMILES string of the molecule is CN1C(=O)N(C)C2C1N(C)C(=O)N2CC(=O)O. The molecule has 0 saturated carbocycles. The second-order valence-electron chi connectivity index (χ2n) is 4.25. The number of carbonyl (C=O) groups is 3. The summed E-state index contributed by atoms with van der Waals surface area (Å²) in [4.78, 5) is 39.7. The molecule has 2 heterocycles. The van der Waals surface area contributed by atoms with Crippen molar-refractivity contribution in [2.75, 3.05) is 27.7 Å². The van der Waals surface area contributed by atoms with E-state index in [1.165, 1.54) is 19.6 Å². The van der Waals surface area contributed by atoms with Crippen LogP contribution in [0.5, 0.6) is 0 Å². The fraction of sp³-hybridized carbons (Fsp3) is 0.667. The number of rotatable bonds is 2. The van der Waals surface area contributed by atoms with Gasteiger partial charge in [-0.05, 0) is 0 Å². The topological polar surface area (TPSA) is 84.4 Å². The van der Waals surface area contributed by atoms with Crippen molar-refractivity contribution < 1.29 is 19.5 Å². The van der Waals surface area contributed by atoms with Gasteiger partial charge in [0.1, 0.15) is 18.9 Å². The number of aliphatic carboxylic acids is 1. The lowest BCUT2D eigenvalue weighted by Gasteiger charge is -2.24. The van der Waals surface area contributed by atoms with Crippen molar-refractivity contribution in [2.45, 2.75) is 12.3 Å². The lowest BCUT2D eigenvalue weighted by atomic mass is 10.3. The Bertz CT molecular complexity index is 398. The van der Waals surface area contributed by atoms with Gasteiger partial charge in [0.15, 0.2) is 0 Å². The second kappa shape index (κ2) is 3.51. The number of hydrogen-bond acceptors (Lipinski definition) is 3. The molecule has 0 aromatic carbocycles. The normalized spacial score (nSPS) is 28.2. The van der Waals surface area contributed by atoms with Gasteiger partial charge in [-0.25, -0.2) is 9.59 Å². The number of urea groups is 2. The van der Waals surface area contributed by atoms with Crippen molar-refractivity contribution in [1.29, 1.82) is 0 Å². The lowest BCUT2D eigenvalue weighted by Crippen LogP contribution is -2.46. The van der Waals surface area contributed by atoms with E-state index in [4.69, 9.17) is 5.11 Å². The van der Waals surface area contributed by atoms with Crippen molar-refractivity contribution in [3.05, 3.63) is 0 Å². The summed E-state index contributed by atoms with van der Waals surface area (Å²) >= 11 is 0. The van der Waals surface area contributed by atoms with Crippen LogP contribution in [0.3, 0.4) is 0 Å². The van der Waals surface area contributed by atoms with Crippen LogP contribution in [0.2, 0.25) is 0 Å². The van der Waals surface area contributed by atoms with E-state index in [2.05, 4.69) is 0 Å². The predicted molar refractivity (Wildman–Crippen MR) is 56.0 cm³/mol. The average molecular weight is 242 g/mol. The molecule has 2 fully saturated rings. The Kier molecular flexibility index (Phi) is 2.37. The molecule has 2 atom stereocenters. The molecule has 2 saturated heterocycles. The number of carboxylic acid groups (broad SMARTS) is 1. The van der Waals surface area contributed by atoms with E-state index in [1.807, 2.05) is 0 Å². The maximum atomic E-state index is 11.9. The molecule has 8 nitrogen and oxygen atoms in total. The van der Waals surface area contributed by atoms with Gasteiger partial charge in [0.25, 0.3) is 0 Å². The van der Waals surface area contributed by atoms with Crippen molar-refractivity contribution in [2.24, 2.45) is 0 Å². The lowest BCUT2D eigenvalue weighted by molar-refractivity contribution is -0.138. The third-order valence-corrected chi connectivity index (χ3v) is 3.23. The highest BCUT2D eigenvalue weighted by atomic mass is 16.4. The zero-order valence-electron chi connectivity index (χ0n) is 9.82. The number of carboxylic acids is 1. The van der Waals surface area contributed by atoms with E-state index in [0.717, 1.165) is 0 Å². The minimum Gasteiger partial charge on any atom is -0.480 e. The van der Waals surface area contributed by atoms with Crippen molar-refractivity contribution in [3.8, 4) is 0 Å². The van der Waals surface area contributed by atoms with E-state index < -0.39 is 24.8 Å². The Morgan fingerprint density at radius 2 is 1.53 bits per heavy atom. The van der Waals surface area contributed by atoms with Gasteiger partial charge in [-0.2, -0.15) is 0 Å². The third kappa shape index (κ3) is 1.40. The molecule has 0 aromatic heterocycles. The largest absolute Gasteiger partial charge is 0.480 e. The summed E-state index contributed by atoms with van der Waals surface area (Å²) in [5.74, 6) is -1.09. The molecular formula is C9H14N4O4. The van der Waals surface area contributed by atoms with Gasteiger partial charge in [0.05, 0.1) is 0 Å². The Hall–Kier alpha value is -1.99. The Morgan fingerprint density at radius 1 is 1.06 bits per heavy atom. The zero-order chi connectivity index (χ0) is 12.9. The summed E-state index contributed by atoms with van der Waals surface area (Å²) in [5, 5.41) is 8.79. The number of fused-ring (bicyclic) bond motifs is 1. The smallest absolute Gasteiger partial charge is 0.323 e. The summed E-state index contributed by atoms with van der Waals surface area (Å²) in [6, 6.07) is -0.608. The number of nitrogens with zero attached hydrogens (tertiary/aromatic N) is 4. The van der Waals surface area contributed by atoms with Crippen LogP contribution >= 0.6 is 0 Å². The summed E-state index contributed by atoms with van der Waals surface area (Å²) in [7, 11) is 4.72. The van der Waals surface area contributed by atoms with Gasteiger partial charge >= 0.3 is 18.0 Å². The van der Waals surface area contributed by atoms with Gasteiger partial charge in [0, 0.05) is 21.1 Å². The molecule has 17 heavy (non-hydrogen) atoms. The highest BCUT2D eigenvalue weighted by Crippen LogP contribution is 2.31. The molecule has 0 aromatic rings. The van der Waals surface area contributed by atoms with Crippen LogP contribution < -0.4 is 0 Å². The van der Waals surface area contributed by atoms with Crippen LogP contribution in [-0.4, -0.2) is 82.8 Å². The number of likely N-dealkylation sites (N-methyl/N-ethyl adjacent to an activating group) is 3. The average Bonchev–Trinajstić information content (AvgIpc) is 2.62. The van der Waals surface area contributed by atoms with Crippen molar-refractivity contribution in [3.63, 3.8) is 0 Å². The van der Waals surface area contributed by atoms with E-state index in [0.29, 0.717) is 0 Å². The van der Waals surface area contributed by atoms with Crippen LogP contribution in [0, 0.1) is 0 Å². The number of hydrogen-bond donors (Lipinski definition) is 1. The Balaban J connectivity index is 2.34. The molecule has 4 amide bonds. The molecule has 1 N–H and O–H groups in total. The first-order chi connectivity index (χ1) is 7.86. The zero-order valence-corrected chi connectivity index (χ0v) is 9.82. The Labute approximate surface area is 98.0 Å². The van der Waals surface area contributed by atoms with Gasteiger partial charge in [0.2, 0.25) is 0 Å². The van der Waals surface area contributed by atoms with E-state index >= 15 is 0 Å². The molecule has 0 spiro atoms. The highest BCUT2D eigenvalue weighted by Gasteiger charge is 2.55. The van der Waals surface area contributed by atoms with Crippen LogP contribution in [0.25, 0.3) is 0 Å². The summed E-state index contributed by atoms with van der Waals surface area (Å²) < 4.78 is 0. The van der Waals surface area contributed by atoms with Crippen LogP contribution in [0.15, 0.2) is 0 Å². The minimum absolute atomic E-state index is 0.227. The second-order valence-corrected chi connectivity index (χ2v) is 4.25. The molecule has 2 aliphatic heterocycles. The molecule has 2 unspecified atom stereocenters. The van der Waals surface area contributed by atoms with Gasteiger partial charge in [-0.1, -0.05) is 0 Å². The molecule has 2 aliphatic rings. The maximum Gasteiger partial charge on any atom is 0.323 e. The quantitative estimate of drug-likeness (QED) is 0.679. The molecule has 0 radical (unpaired) electrons. The van der Waals surface area contributed by atoms with Crippen LogP contribution in [0.1, 0.15) is 0 Å². The maximum absolute atomic E-state index is 11.9. The van der Waals surface area contributed by atoms with Gasteiger partial charge in [-0.15, -0.1) is 0 Å². The van der Waals surface area contributed by atoms with E-state index in [1.54, 1.807) is 21.1 Å². The fourth-order valence-electron chi connectivity index (χ4n) is 2.44. The highest BCUT2D eigenvalue weighted by molar-refractivity contribution is 5.87. The van der Waals surface area contributed by atoms with E-state index in [-0.39, 0.29) is 12.1 Å². The van der Waals surface area contributed by atoms with Crippen LogP contribution in [0.4, 0.5) is 9.59 Å². The number of carbonyl (C=O) groups excluding carboxylic acids is 2. The fourth-order valence-corrected chi connectivity index (χ4v) is 2.44. The third-order valence-electron chi connectivity index (χ3n) is 3.23.